The number of benzene rings is 1. The summed E-state index contributed by atoms with van der Waals surface area (Å²) in [7, 11) is 0. The maximum atomic E-state index is 11.9. The second-order valence-corrected chi connectivity index (χ2v) is 5.76. The zero-order valence-corrected chi connectivity index (χ0v) is 13.5. The molecule has 104 valence electrons. The lowest BCUT2D eigenvalue weighted by Crippen LogP contribution is -2.02. The molecule has 0 fully saturated rings. The average Bonchev–Trinajstić information content (AvgIpc) is 2.62. The first-order chi connectivity index (χ1) is 9.34. The van der Waals surface area contributed by atoms with Crippen molar-refractivity contribution in [3.63, 3.8) is 0 Å². The summed E-state index contributed by atoms with van der Waals surface area (Å²) in [6.07, 6.45) is 0. The Morgan fingerprint density at radius 3 is 1.65 bits per heavy atom. The molecule has 2 aromatic rings. The summed E-state index contributed by atoms with van der Waals surface area (Å²) in [5.74, 6) is -0.154. The SMILES string of the molecule is CC(=O)c1c(C(C)=O)c(C)n(-c2ccc(Br)cc2)c1C. The fourth-order valence-corrected chi connectivity index (χ4v) is 2.94. The van der Waals surface area contributed by atoms with Crippen LogP contribution in [0.4, 0.5) is 0 Å². The minimum atomic E-state index is -0.0772. The summed E-state index contributed by atoms with van der Waals surface area (Å²) >= 11 is 3.40. The van der Waals surface area contributed by atoms with Crippen molar-refractivity contribution in [3.05, 3.63) is 51.3 Å². The molecular formula is C16H16BrNO2. The van der Waals surface area contributed by atoms with E-state index >= 15 is 0 Å². The van der Waals surface area contributed by atoms with Gasteiger partial charge in [-0.3, -0.25) is 9.59 Å². The largest absolute Gasteiger partial charge is 0.317 e. The zero-order valence-electron chi connectivity index (χ0n) is 12.0. The lowest BCUT2D eigenvalue weighted by molar-refractivity contribution is 0.0981. The minimum Gasteiger partial charge on any atom is -0.317 e. The van der Waals surface area contributed by atoms with E-state index in [0.29, 0.717) is 11.1 Å². The Morgan fingerprint density at radius 2 is 1.30 bits per heavy atom. The van der Waals surface area contributed by atoms with Crippen molar-refractivity contribution < 1.29 is 9.59 Å². The van der Waals surface area contributed by atoms with Crippen molar-refractivity contribution in [2.24, 2.45) is 0 Å². The smallest absolute Gasteiger partial charge is 0.162 e. The van der Waals surface area contributed by atoms with Crippen LogP contribution in [0.15, 0.2) is 28.7 Å². The van der Waals surface area contributed by atoms with Gasteiger partial charge in [-0.25, -0.2) is 0 Å². The van der Waals surface area contributed by atoms with Crippen molar-refractivity contribution >= 4 is 27.5 Å². The highest BCUT2D eigenvalue weighted by atomic mass is 79.9. The molecule has 20 heavy (non-hydrogen) atoms. The quantitative estimate of drug-likeness (QED) is 0.787. The number of hydrogen-bond acceptors (Lipinski definition) is 2. The molecule has 0 atom stereocenters. The maximum absolute atomic E-state index is 11.9. The number of nitrogens with zero attached hydrogens (tertiary/aromatic N) is 1. The van der Waals surface area contributed by atoms with Gasteiger partial charge in [0.1, 0.15) is 0 Å². The number of Topliss-reactive ketones (excluding diaryl/α,β-unsaturated/α-hetero) is 2. The van der Waals surface area contributed by atoms with E-state index in [1.54, 1.807) is 0 Å². The Labute approximate surface area is 126 Å². The molecule has 0 saturated carbocycles. The molecule has 0 aliphatic rings. The fourth-order valence-electron chi connectivity index (χ4n) is 2.68. The summed E-state index contributed by atoms with van der Waals surface area (Å²) in [6, 6.07) is 7.79. The molecule has 3 nitrogen and oxygen atoms in total. The number of carbonyl (C=O) groups excluding carboxylic acids is 2. The van der Waals surface area contributed by atoms with Gasteiger partial charge in [0.2, 0.25) is 0 Å². The molecule has 0 N–H and O–H groups in total. The number of hydrogen-bond donors (Lipinski definition) is 0. The van der Waals surface area contributed by atoms with E-state index < -0.39 is 0 Å². The summed E-state index contributed by atoms with van der Waals surface area (Å²) in [4.78, 5) is 23.7. The Kier molecular flexibility index (Phi) is 3.95. The summed E-state index contributed by atoms with van der Waals surface area (Å²) in [5, 5.41) is 0. The van der Waals surface area contributed by atoms with Crippen LogP contribution in [0.5, 0.6) is 0 Å². The van der Waals surface area contributed by atoms with Gasteiger partial charge in [0.05, 0.1) is 0 Å². The van der Waals surface area contributed by atoms with Crippen LogP contribution >= 0.6 is 15.9 Å². The molecule has 0 radical (unpaired) electrons. The molecule has 0 aliphatic heterocycles. The molecule has 4 heteroatoms. The third-order valence-electron chi connectivity index (χ3n) is 3.43. The lowest BCUT2D eigenvalue weighted by Gasteiger charge is -2.09. The van der Waals surface area contributed by atoms with Crippen LogP contribution in [-0.2, 0) is 0 Å². The standard InChI is InChI=1S/C16H16BrNO2/c1-9-15(11(3)19)16(12(4)20)10(2)18(9)14-7-5-13(17)6-8-14/h5-8H,1-4H3. The van der Waals surface area contributed by atoms with Gasteiger partial charge in [0.15, 0.2) is 11.6 Å². The normalized spacial score (nSPS) is 10.7. The highest BCUT2D eigenvalue weighted by molar-refractivity contribution is 9.10. The van der Waals surface area contributed by atoms with Crippen molar-refractivity contribution in [2.45, 2.75) is 27.7 Å². The molecule has 1 aromatic carbocycles. The second kappa shape index (κ2) is 5.37. The molecule has 0 bridgehead atoms. The van der Waals surface area contributed by atoms with Gasteiger partial charge in [-0.2, -0.15) is 0 Å². The first-order valence-corrected chi connectivity index (χ1v) is 7.13. The molecule has 2 rings (SSSR count). The van der Waals surface area contributed by atoms with E-state index in [1.165, 1.54) is 13.8 Å². The Hall–Kier alpha value is -1.68. The molecule has 0 unspecified atom stereocenters. The molecule has 0 spiro atoms. The van der Waals surface area contributed by atoms with Gasteiger partial charge < -0.3 is 4.57 Å². The second-order valence-electron chi connectivity index (χ2n) is 4.85. The monoisotopic (exact) mass is 333 g/mol. The van der Waals surface area contributed by atoms with Crippen LogP contribution in [0, 0.1) is 13.8 Å². The Bertz CT molecular complexity index is 659. The molecular weight excluding hydrogens is 318 g/mol. The summed E-state index contributed by atoms with van der Waals surface area (Å²) in [6.45, 7) is 6.75. The predicted octanol–water partition coefficient (Wildman–Crippen LogP) is 4.26. The van der Waals surface area contributed by atoms with Crippen molar-refractivity contribution in [1.82, 2.24) is 4.57 Å². The van der Waals surface area contributed by atoms with Gasteiger partial charge in [-0.15, -0.1) is 0 Å². The Morgan fingerprint density at radius 1 is 0.900 bits per heavy atom. The molecule has 1 heterocycles. The average molecular weight is 334 g/mol. The molecule has 1 aromatic heterocycles. The van der Waals surface area contributed by atoms with Crippen LogP contribution in [0.3, 0.4) is 0 Å². The van der Waals surface area contributed by atoms with E-state index in [-0.39, 0.29) is 11.6 Å². The zero-order chi connectivity index (χ0) is 15.0. The van der Waals surface area contributed by atoms with Crippen LogP contribution in [0.25, 0.3) is 5.69 Å². The van der Waals surface area contributed by atoms with E-state index in [9.17, 15) is 9.59 Å². The van der Waals surface area contributed by atoms with Gasteiger partial charge in [0.25, 0.3) is 0 Å². The van der Waals surface area contributed by atoms with Crippen LogP contribution in [0.1, 0.15) is 46.0 Å². The third kappa shape index (κ3) is 2.36. The molecule has 0 saturated heterocycles. The van der Waals surface area contributed by atoms with E-state index in [4.69, 9.17) is 0 Å². The van der Waals surface area contributed by atoms with Crippen LogP contribution in [-0.4, -0.2) is 16.1 Å². The summed E-state index contributed by atoms with van der Waals surface area (Å²) in [5.41, 5.74) is 3.61. The summed E-state index contributed by atoms with van der Waals surface area (Å²) < 4.78 is 2.95. The first kappa shape index (κ1) is 14.7. The van der Waals surface area contributed by atoms with E-state index in [2.05, 4.69) is 15.9 Å². The topological polar surface area (TPSA) is 39.1 Å². The van der Waals surface area contributed by atoms with Crippen molar-refractivity contribution in [1.29, 1.82) is 0 Å². The minimum absolute atomic E-state index is 0.0772. The predicted molar refractivity (Wildman–Crippen MR) is 83.0 cm³/mol. The van der Waals surface area contributed by atoms with Crippen LogP contribution in [0.2, 0.25) is 0 Å². The van der Waals surface area contributed by atoms with Gasteiger partial charge in [0, 0.05) is 32.7 Å². The molecule has 0 aliphatic carbocycles. The first-order valence-electron chi connectivity index (χ1n) is 6.34. The number of aromatic nitrogens is 1. The maximum Gasteiger partial charge on any atom is 0.162 e. The number of carbonyl (C=O) groups is 2. The number of halogens is 1. The third-order valence-corrected chi connectivity index (χ3v) is 3.96. The van der Waals surface area contributed by atoms with E-state index in [0.717, 1.165) is 21.5 Å². The molecule has 0 amide bonds. The van der Waals surface area contributed by atoms with Gasteiger partial charge in [-0.1, -0.05) is 15.9 Å². The highest BCUT2D eigenvalue weighted by Gasteiger charge is 2.23. The van der Waals surface area contributed by atoms with E-state index in [1.807, 2.05) is 42.7 Å². The Balaban J connectivity index is 2.78. The fraction of sp³-hybridized carbons (Fsp3) is 0.250. The van der Waals surface area contributed by atoms with Gasteiger partial charge >= 0.3 is 0 Å². The van der Waals surface area contributed by atoms with Crippen LogP contribution < -0.4 is 0 Å². The lowest BCUT2D eigenvalue weighted by atomic mass is 10.0. The highest BCUT2D eigenvalue weighted by Crippen LogP contribution is 2.27. The number of rotatable bonds is 3. The van der Waals surface area contributed by atoms with Crippen molar-refractivity contribution in [3.8, 4) is 5.69 Å². The van der Waals surface area contributed by atoms with Crippen molar-refractivity contribution in [2.75, 3.05) is 0 Å². The van der Waals surface area contributed by atoms with Gasteiger partial charge in [-0.05, 0) is 52.0 Å². The number of ketones is 2.